The van der Waals surface area contributed by atoms with Gasteiger partial charge in [-0.1, -0.05) is 12.1 Å². The Kier molecular flexibility index (Phi) is 9.18. The summed E-state index contributed by atoms with van der Waals surface area (Å²) in [6, 6.07) is 3.59. The minimum atomic E-state index is -4.35. The average molecular weight is 445 g/mol. The van der Waals surface area contributed by atoms with E-state index in [0.717, 1.165) is 19.2 Å². The molecule has 1 aromatic carbocycles. The SMILES string of the molecule is COC(=O)C(CCCCNC(=O)OC(C)(C)C)NS(=O)(=O)c1ccccc1[N+](=O)[O-]. The molecule has 11 nitrogen and oxygen atoms in total. The average Bonchev–Trinajstić information content (AvgIpc) is 2.64. The van der Waals surface area contributed by atoms with Crippen molar-refractivity contribution < 1.29 is 32.4 Å². The van der Waals surface area contributed by atoms with Crippen molar-refractivity contribution in [2.45, 2.75) is 56.6 Å². The minimum absolute atomic E-state index is 0.0720. The molecule has 0 spiro atoms. The van der Waals surface area contributed by atoms with Gasteiger partial charge in [-0.15, -0.1) is 0 Å². The molecule has 0 heterocycles. The third-order valence-electron chi connectivity index (χ3n) is 3.72. The van der Waals surface area contributed by atoms with Crippen molar-refractivity contribution in [3.8, 4) is 0 Å². The van der Waals surface area contributed by atoms with Crippen molar-refractivity contribution in [3.05, 3.63) is 34.4 Å². The summed E-state index contributed by atoms with van der Waals surface area (Å²) in [4.78, 5) is 33.3. The number of sulfonamides is 1. The van der Waals surface area contributed by atoms with Gasteiger partial charge in [0.2, 0.25) is 10.0 Å². The van der Waals surface area contributed by atoms with Gasteiger partial charge >= 0.3 is 12.1 Å². The summed E-state index contributed by atoms with van der Waals surface area (Å²) in [6.45, 7) is 5.46. The number of methoxy groups -OCH3 is 1. The number of nitro groups is 1. The van der Waals surface area contributed by atoms with Crippen molar-refractivity contribution in [2.75, 3.05) is 13.7 Å². The quantitative estimate of drug-likeness (QED) is 0.240. The van der Waals surface area contributed by atoms with Crippen LogP contribution >= 0.6 is 0 Å². The zero-order valence-corrected chi connectivity index (χ0v) is 18.2. The summed E-state index contributed by atoms with van der Waals surface area (Å²) in [5.74, 6) is -0.822. The summed E-state index contributed by atoms with van der Waals surface area (Å²) in [7, 11) is -3.24. The van der Waals surface area contributed by atoms with Gasteiger partial charge in [0.1, 0.15) is 11.6 Å². The predicted molar refractivity (Wildman–Crippen MR) is 107 cm³/mol. The lowest BCUT2D eigenvalue weighted by atomic mass is 10.1. The van der Waals surface area contributed by atoms with Crippen LogP contribution in [-0.2, 0) is 24.3 Å². The van der Waals surface area contributed by atoms with Crippen molar-refractivity contribution in [1.82, 2.24) is 10.0 Å². The van der Waals surface area contributed by atoms with Gasteiger partial charge in [0.05, 0.1) is 12.0 Å². The van der Waals surface area contributed by atoms with E-state index < -0.39 is 49.2 Å². The Balaban J connectivity index is 2.72. The minimum Gasteiger partial charge on any atom is -0.468 e. The highest BCUT2D eigenvalue weighted by atomic mass is 32.2. The van der Waals surface area contributed by atoms with E-state index in [9.17, 15) is 28.1 Å². The Morgan fingerprint density at radius 2 is 1.83 bits per heavy atom. The van der Waals surface area contributed by atoms with E-state index in [1.54, 1.807) is 20.8 Å². The van der Waals surface area contributed by atoms with Gasteiger partial charge in [-0.3, -0.25) is 14.9 Å². The van der Waals surface area contributed by atoms with Crippen molar-refractivity contribution >= 4 is 27.8 Å². The third-order valence-corrected chi connectivity index (χ3v) is 5.24. The number of hydrogen-bond donors (Lipinski definition) is 2. The third kappa shape index (κ3) is 8.33. The molecule has 0 aliphatic heterocycles. The van der Waals surface area contributed by atoms with E-state index in [4.69, 9.17) is 4.74 Å². The molecular formula is C18H27N3O8S. The highest BCUT2D eigenvalue weighted by Crippen LogP contribution is 2.23. The summed E-state index contributed by atoms with van der Waals surface area (Å²) in [6.07, 6.45) is 0.307. The van der Waals surface area contributed by atoms with Crippen LogP contribution in [0.3, 0.4) is 0 Å². The van der Waals surface area contributed by atoms with E-state index in [1.807, 2.05) is 0 Å². The number of ether oxygens (including phenoxy) is 2. The van der Waals surface area contributed by atoms with Gasteiger partial charge in [0, 0.05) is 12.6 Å². The molecule has 1 rings (SSSR count). The fourth-order valence-electron chi connectivity index (χ4n) is 2.43. The number of para-hydroxylation sites is 1. The second kappa shape index (κ2) is 10.9. The van der Waals surface area contributed by atoms with Gasteiger partial charge in [-0.25, -0.2) is 13.2 Å². The molecule has 12 heteroatoms. The van der Waals surface area contributed by atoms with E-state index in [2.05, 4.69) is 14.8 Å². The normalized spacial score (nSPS) is 12.7. The molecule has 2 N–H and O–H groups in total. The number of nitrogens with one attached hydrogen (secondary N) is 2. The van der Waals surface area contributed by atoms with E-state index in [0.29, 0.717) is 12.8 Å². The van der Waals surface area contributed by atoms with Crippen molar-refractivity contribution in [3.63, 3.8) is 0 Å². The number of nitrogens with zero attached hydrogens (tertiary/aromatic N) is 1. The molecule has 0 bridgehead atoms. The van der Waals surface area contributed by atoms with Crippen LogP contribution in [0.5, 0.6) is 0 Å². The van der Waals surface area contributed by atoms with E-state index in [-0.39, 0.29) is 13.0 Å². The molecule has 0 saturated carbocycles. The largest absolute Gasteiger partial charge is 0.468 e. The first-order valence-corrected chi connectivity index (χ1v) is 10.7. The number of carbonyl (C=O) groups is 2. The van der Waals surface area contributed by atoms with Crippen LogP contribution in [0.25, 0.3) is 0 Å². The van der Waals surface area contributed by atoms with Gasteiger partial charge in [0.15, 0.2) is 4.90 Å². The molecule has 1 amide bonds. The summed E-state index contributed by atoms with van der Waals surface area (Å²) >= 11 is 0. The van der Waals surface area contributed by atoms with Gasteiger partial charge in [-0.2, -0.15) is 4.72 Å². The molecule has 0 fully saturated rings. The molecule has 1 atom stereocenters. The molecular weight excluding hydrogens is 418 g/mol. The summed E-state index contributed by atoms with van der Waals surface area (Å²) in [5.41, 5.74) is -1.23. The topological polar surface area (TPSA) is 154 Å². The number of amides is 1. The van der Waals surface area contributed by atoms with Gasteiger partial charge < -0.3 is 14.8 Å². The maximum absolute atomic E-state index is 12.6. The number of alkyl carbamates (subject to hydrolysis) is 1. The fourth-order valence-corrected chi connectivity index (χ4v) is 3.82. The number of carbonyl (C=O) groups excluding carboxylic acids is 2. The fraction of sp³-hybridized carbons (Fsp3) is 0.556. The Hall–Kier alpha value is -2.73. The lowest BCUT2D eigenvalue weighted by Crippen LogP contribution is -2.41. The van der Waals surface area contributed by atoms with Crippen LogP contribution in [0, 0.1) is 10.1 Å². The molecule has 1 unspecified atom stereocenters. The molecule has 30 heavy (non-hydrogen) atoms. The van der Waals surface area contributed by atoms with E-state index in [1.165, 1.54) is 12.1 Å². The monoisotopic (exact) mass is 445 g/mol. The van der Waals surface area contributed by atoms with Crippen molar-refractivity contribution in [2.24, 2.45) is 0 Å². The lowest BCUT2D eigenvalue weighted by Gasteiger charge is -2.20. The van der Waals surface area contributed by atoms with Gasteiger partial charge in [0.25, 0.3) is 5.69 Å². The highest BCUT2D eigenvalue weighted by molar-refractivity contribution is 7.89. The maximum Gasteiger partial charge on any atom is 0.407 e. The number of benzene rings is 1. The number of unbranched alkanes of at least 4 members (excludes halogenated alkanes) is 1. The molecule has 0 aromatic heterocycles. The molecule has 1 aromatic rings. The van der Waals surface area contributed by atoms with E-state index >= 15 is 0 Å². The predicted octanol–water partition coefficient (Wildman–Crippen LogP) is 2.11. The first-order valence-electron chi connectivity index (χ1n) is 9.18. The Bertz CT molecular complexity index is 864. The Morgan fingerprint density at radius 3 is 2.40 bits per heavy atom. The van der Waals surface area contributed by atoms with Crippen LogP contribution in [0.1, 0.15) is 40.0 Å². The van der Waals surface area contributed by atoms with Gasteiger partial charge in [-0.05, 0) is 46.1 Å². The molecule has 168 valence electrons. The van der Waals surface area contributed by atoms with Crippen LogP contribution in [0.2, 0.25) is 0 Å². The lowest BCUT2D eigenvalue weighted by molar-refractivity contribution is -0.387. The molecule has 0 aliphatic carbocycles. The number of esters is 1. The molecule has 0 radical (unpaired) electrons. The summed E-state index contributed by atoms with van der Waals surface area (Å²) in [5, 5.41) is 13.7. The van der Waals surface area contributed by atoms with Crippen LogP contribution in [0.15, 0.2) is 29.2 Å². The number of rotatable bonds is 10. The highest BCUT2D eigenvalue weighted by Gasteiger charge is 2.30. The zero-order valence-electron chi connectivity index (χ0n) is 17.3. The first-order chi connectivity index (χ1) is 13.9. The summed E-state index contributed by atoms with van der Waals surface area (Å²) < 4.78 is 37.1. The van der Waals surface area contributed by atoms with Crippen LogP contribution in [0.4, 0.5) is 10.5 Å². The standard InChI is InChI=1S/C18H27N3O8S/c1-18(2,3)29-17(23)19-12-8-7-9-13(16(22)28-4)20-30(26,27)15-11-6-5-10-14(15)21(24)25/h5-6,10-11,13,20H,7-9,12H2,1-4H3,(H,19,23). The Morgan fingerprint density at radius 1 is 1.20 bits per heavy atom. The number of nitro benzene ring substituents is 1. The maximum atomic E-state index is 12.6. The zero-order chi connectivity index (χ0) is 22.9. The molecule has 0 saturated heterocycles. The molecule has 0 aliphatic rings. The Labute approximate surface area is 175 Å². The second-order valence-corrected chi connectivity index (χ2v) is 9.03. The first kappa shape index (κ1) is 25.3. The number of hydrogen-bond acceptors (Lipinski definition) is 8. The van der Waals surface area contributed by atoms with Crippen LogP contribution in [-0.4, -0.2) is 50.7 Å². The second-order valence-electron chi connectivity index (χ2n) is 7.35. The van der Waals surface area contributed by atoms with Crippen molar-refractivity contribution in [1.29, 1.82) is 0 Å². The van der Waals surface area contributed by atoms with Crippen LogP contribution < -0.4 is 10.0 Å². The smallest absolute Gasteiger partial charge is 0.407 e.